The lowest BCUT2D eigenvalue weighted by Crippen LogP contribution is -2.34. The van der Waals surface area contributed by atoms with Gasteiger partial charge in [0.05, 0.1) is 23.6 Å². The maximum Gasteiger partial charge on any atom is 0.416 e. The predicted octanol–water partition coefficient (Wildman–Crippen LogP) is 4.70. The molecule has 1 aliphatic rings. The lowest BCUT2D eigenvalue weighted by Gasteiger charge is -2.28. The van der Waals surface area contributed by atoms with Crippen LogP contribution in [0.25, 0.3) is 16.9 Å². The molecule has 1 unspecified atom stereocenters. The highest BCUT2D eigenvalue weighted by molar-refractivity contribution is 6.05. The molecule has 1 N–H and O–H groups in total. The van der Waals surface area contributed by atoms with Gasteiger partial charge in [-0.3, -0.25) is 9.48 Å². The van der Waals surface area contributed by atoms with Crippen LogP contribution in [0.15, 0.2) is 48.8 Å². The topological polar surface area (TPSA) is 84.1 Å². The largest absolute Gasteiger partial charge is 0.416 e. The average molecular weight is 553 g/mol. The molecular weight excluding hydrogens is 521 g/mol. The Morgan fingerprint density at radius 3 is 2.55 bits per heavy atom. The number of carbonyl (C=O) groups excluding carboxylic acids is 1. The Balaban J connectivity index is 1.42. The van der Waals surface area contributed by atoms with E-state index in [0.717, 1.165) is 48.5 Å². The molecule has 9 nitrogen and oxygen atoms in total. The summed E-state index contributed by atoms with van der Waals surface area (Å²) in [5.41, 5.74) is 3.82. The molecule has 40 heavy (non-hydrogen) atoms. The van der Waals surface area contributed by atoms with Crippen molar-refractivity contribution in [2.75, 3.05) is 37.4 Å². The number of carbonyl (C=O) groups is 1. The van der Waals surface area contributed by atoms with Gasteiger partial charge in [0.25, 0.3) is 5.91 Å². The second-order valence-electron chi connectivity index (χ2n) is 10.4. The lowest BCUT2D eigenvalue weighted by molar-refractivity contribution is -0.137. The number of aryl methyl sites for hydroxylation is 2. The van der Waals surface area contributed by atoms with Crippen LogP contribution in [-0.2, 0) is 13.2 Å². The quantitative estimate of drug-likeness (QED) is 0.374. The first-order valence-electron chi connectivity index (χ1n) is 12.9. The third-order valence-electron chi connectivity index (χ3n) is 7.55. The van der Waals surface area contributed by atoms with Crippen LogP contribution in [0, 0.1) is 13.8 Å². The Hall–Kier alpha value is -4.19. The van der Waals surface area contributed by atoms with Crippen LogP contribution >= 0.6 is 0 Å². The SMILES string of the molecule is Cc1ccc(C(=O)Nc2cc(N(C)C3CCN(C)C3)cc(C(F)(F)F)c2)cc1-n1cc(-c2cnn(C)c2C)nn1. The first kappa shape index (κ1) is 27.4. The van der Waals surface area contributed by atoms with E-state index < -0.39 is 17.6 Å². The summed E-state index contributed by atoms with van der Waals surface area (Å²) < 4.78 is 44.7. The van der Waals surface area contributed by atoms with Crippen molar-refractivity contribution >= 4 is 17.3 Å². The smallest absolute Gasteiger partial charge is 0.370 e. The zero-order valence-corrected chi connectivity index (χ0v) is 23.0. The third kappa shape index (κ3) is 5.44. The second-order valence-corrected chi connectivity index (χ2v) is 10.4. The van der Waals surface area contributed by atoms with E-state index in [-0.39, 0.29) is 17.3 Å². The van der Waals surface area contributed by atoms with E-state index in [2.05, 4.69) is 25.6 Å². The first-order chi connectivity index (χ1) is 18.9. The Morgan fingerprint density at radius 2 is 1.90 bits per heavy atom. The number of anilines is 2. The molecule has 0 aliphatic carbocycles. The Bertz CT molecular complexity index is 1560. The van der Waals surface area contributed by atoms with Crippen molar-refractivity contribution in [3.63, 3.8) is 0 Å². The predicted molar refractivity (Wildman–Crippen MR) is 147 cm³/mol. The van der Waals surface area contributed by atoms with Gasteiger partial charge in [0.2, 0.25) is 0 Å². The van der Waals surface area contributed by atoms with Crippen LogP contribution in [0.2, 0.25) is 0 Å². The maximum absolute atomic E-state index is 13.8. The van der Waals surface area contributed by atoms with Crippen molar-refractivity contribution in [3.05, 3.63) is 71.2 Å². The summed E-state index contributed by atoms with van der Waals surface area (Å²) in [5.74, 6) is -0.529. The van der Waals surface area contributed by atoms with Crippen LogP contribution in [0.5, 0.6) is 0 Å². The van der Waals surface area contributed by atoms with Crippen LogP contribution in [0.4, 0.5) is 24.5 Å². The minimum atomic E-state index is -4.56. The highest BCUT2D eigenvalue weighted by Gasteiger charge is 2.33. The summed E-state index contributed by atoms with van der Waals surface area (Å²) in [4.78, 5) is 17.2. The van der Waals surface area contributed by atoms with Crippen molar-refractivity contribution in [1.29, 1.82) is 0 Å². The summed E-state index contributed by atoms with van der Waals surface area (Å²) in [6.07, 6.45) is -0.242. The minimum absolute atomic E-state index is 0.0743. The number of likely N-dealkylation sites (N-methyl/N-ethyl adjacent to an activating group) is 2. The van der Waals surface area contributed by atoms with Crippen molar-refractivity contribution in [2.45, 2.75) is 32.5 Å². The molecule has 3 heterocycles. The summed E-state index contributed by atoms with van der Waals surface area (Å²) in [6.45, 7) is 5.44. The molecule has 0 saturated carbocycles. The fraction of sp³-hybridized carbons (Fsp3) is 0.357. The number of alkyl halides is 3. The zero-order chi connectivity index (χ0) is 28.8. The highest BCUT2D eigenvalue weighted by atomic mass is 19.4. The van der Waals surface area contributed by atoms with E-state index in [0.29, 0.717) is 17.1 Å². The zero-order valence-electron chi connectivity index (χ0n) is 23.0. The van der Waals surface area contributed by atoms with Gasteiger partial charge in [-0.15, -0.1) is 5.10 Å². The van der Waals surface area contributed by atoms with Crippen molar-refractivity contribution < 1.29 is 18.0 Å². The number of amides is 1. The van der Waals surface area contributed by atoms with Crippen LogP contribution < -0.4 is 10.2 Å². The number of halogens is 3. The van der Waals surface area contributed by atoms with Gasteiger partial charge in [-0.1, -0.05) is 11.3 Å². The van der Waals surface area contributed by atoms with Gasteiger partial charge in [-0.25, -0.2) is 4.68 Å². The maximum atomic E-state index is 13.8. The molecule has 1 saturated heterocycles. The van der Waals surface area contributed by atoms with Gasteiger partial charge in [-0.2, -0.15) is 18.3 Å². The van der Waals surface area contributed by atoms with E-state index in [1.54, 1.807) is 53.1 Å². The van der Waals surface area contributed by atoms with Crippen LogP contribution in [0.3, 0.4) is 0 Å². The number of hydrogen-bond acceptors (Lipinski definition) is 6. The monoisotopic (exact) mass is 552 g/mol. The second kappa shape index (κ2) is 10.4. The number of likely N-dealkylation sites (tertiary alicyclic amines) is 1. The molecule has 0 spiro atoms. The van der Waals surface area contributed by atoms with Gasteiger partial charge in [0.1, 0.15) is 5.69 Å². The molecule has 1 aliphatic heterocycles. The summed E-state index contributed by atoms with van der Waals surface area (Å²) in [7, 11) is 5.62. The fourth-order valence-electron chi connectivity index (χ4n) is 4.95. The van der Waals surface area contributed by atoms with E-state index in [1.807, 2.05) is 32.8 Å². The first-order valence-corrected chi connectivity index (χ1v) is 12.9. The number of nitrogens with one attached hydrogen (secondary N) is 1. The molecule has 1 amide bonds. The molecule has 0 bridgehead atoms. The number of aromatic nitrogens is 5. The standard InChI is InChI=1S/C28H31F3N8O/c1-17-6-7-19(10-26(17)39-16-25(34-35-39)24-14-32-38(5)18(24)2)27(40)33-21-11-20(28(29,30)31)12-23(13-21)37(4)22-8-9-36(3)15-22/h6-7,10-14,16,22H,8-9,15H2,1-5H3,(H,33,40). The molecule has 12 heteroatoms. The molecule has 0 radical (unpaired) electrons. The van der Waals surface area contributed by atoms with Gasteiger partial charge in [0, 0.05) is 54.9 Å². The summed E-state index contributed by atoms with van der Waals surface area (Å²) in [5, 5.41) is 15.4. The Kier molecular flexibility index (Phi) is 7.13. The van der Waals surface area contributed by atoms with Crippen molar-refractivity contribution in [3.8, 4) is 16.9 Å². The van der Waals surface area contributed by atoms with E-state index in [1.165, 1.54) is 0 Å². The lowest BCUT2D eigenvalue weighted by atomic mass is 10.1. The highest BCUT2D eigenvalue weighted by Crippen LogP contribution is 2.35. The minimum Gasteiger partial charge on any atom is -0.370 e. The van der Waals surface area contributed by atoms with E-state index in [4.69, 9.17) is 0 Å². The number of hydrogen-bond donors (Lipinski definition) is 1. The Labute approximate surface area is 230 Å². The molecule has 5 rings (SSSR count). The summed E-state index contributed by atoms with van der Waals surface area (Å²) in [6, 6.07) is 8.80. The van der Waals surface area contributed by atoms with Gasteiger partial charge in [0.15, 0.2) is 0 Å². The molecule has 4 aromatic rings. The molecule has 1 fully saturated rings. The van der Waals surface area contributed by atoms with Gasteiger partial charge >= 0.3 is 6.18 Å². The number of rotatable bonds is 6. The average Bonchev–Trinajstić information content (AvgIpc) is 3.64. The summed E-state index contributed by atoms with van der Waals surface area (Å²) >= 11 is 0. The number of benzene rings is 2. The third-order valence-corrected chi connectivity index (χ3v) is 7.55. The molecular formula is C28H31F3N8O. The van der Waals surface area contributed by atoms with Gasteiger partial charge < -0.3 is 15.1 Å². The molecule has 1 atom stereocenters. The van der Waals surface area contributed by atoms with E-state index in [9.17, 15) is 18.0 Å². The normalized spacial score (nSPS) is 15.9. The van der Waals surface area contributed by atoms with Crippen LogP contribution in [-0.4, -0.2) is 68.8 Å². The van der Waals surface area contributed by atoms with Gasteiger partial charge in [-0.05, 0) is 69.8 Å². The van der Waals surface area contributed by atoms with Crippen molar-refractivity contribution in [2.24, 2.45) is 7.05 Å². The van der Waals surface area contributed by atoms with Crippen molar-refractivity contribution in [1.82, 2.24) is 29.7 Å². The molecule has 210 valence electrons. The van der Waals surface area contributed by atoms with E-state index >= 15 is 0 Å². The molecule has 2 aromatic carbocycles. The number of nitrogens with zero attached hydrogens (tertiary/aromatic N) is 7. The Morgan fingerprint density at radius 1 is 1.12 bits per heavy atom. The van der Waals surface area contributed by atoms with Crippen LogP contribution in [0.1, 0.15) is 33.6 Å². The fourth-order valence-corrected chi connectivity index (χ4v) is 4.95. The molecule has 2 aromatic heterocycles.